The van der Waals surface area contributed by atoms with Crippen molar-refractivity contribution in [2.45, 2.75) is 17.9 Å². The molecule has 1 aliphatic rings. The first-order valence-corrected chi connectivity index (χ1v) is 10.1. The highest BCUT2D eigenvalue weighted by molar-refractivity contribution is 7.89. The van der Waals surface area contributed by atoms with Crippen LogP contribution in [0.1, 0.15) is 11.1 Å². The normalized spacial score (nSPS) is 14.3. The zero-order chi connectivity index (χ0) is 20.1. The number of ether oxygens (including phenoxy) is 1. The van der Waals surface area contributed by atoms with Gasteiger partial charge in [0.05, 0.1) is 4.90 Å². The van der Waals surface area contributed by atoms with E-state index in [4.69, 9.17) is 9.84 Å². The van der Waals surface area contributed by atoms with Gasteiger partial charge < -0.3 is 15.2 Å². The lowest BCUT2D eigenvalue weighted by atomic mass is 10.0. The number of nitrogens with one attached hydrogen (secondary N) is 1. The van der Waals surface area contributed by atoms with Crippen molar-refractivity contribution in [2.24, 2.45) is 0 Å². The summed E-state index contributed by atoms with van der Waals surface area (Å²) < 4.78 is 31.9. The lowest BCUT2D eigenvalue weighted by Gasteiger charge is -2.28. The zero-order valence-corrected chi connectivity index (χ0v) is 15.8. The number of hydrogen-bond acceptors (Lipinski definition) is 5. The van der Waals surface area contributed by atoms with Gasteiger partial charge in [0, 0.05) is 18.8 Å². The van der Waals surface area contributed by atoms with Crippen LogP contribution in [0.4, 0.5) is 5.69 Å². The van der Waals surface area contributed by atoms with Crippen molar-refractivity contribution >= 4 is 27.6 Å². The molecule has 0 spiro atoms. The third-order valence-corrected chi connectivity index (χ3v) is 6.19. The maximum absolute atomic E-state index is 12.9. The summed E-state index contributed by atoms with van der Waals surface area (Å²) in [5.74, 6) is -1.69. The fourth-order valence-electron chi connectivity index (χ4n) is 2.96. The van der Waals surface area contributed by atoms with E-state index in [9.17, 15) is 18.0 Å². The number of carboxylic acid groups (broad SMARTS) is 1. The fourth-order valence-corrected chi connectivity index (χ4v) is 4.38. The van der Waals surface area contributed by atoms with E-state index in [-0.39, 0.29) is 4.90 Å². The van der Waals surface area contributed by atoms with Crippen LogP contribution in [-0.2, 0) is 37.3 Å². The van der Waals surface area contributed by atoms with Crippen molar-refractivity contribution in [1.29, 1.82) is 0 Å². The SMILES string of the molecule is O=C(O)COCC(=O)Nc1ccc(S(=O)(=O)N2CCc3ccccc3C2)cc1. The minimum atomic E-state index is -3.64. The van der Waals surface area contributed by atoms with Gasteiger partial charge in [-0.05, 0) is 41.8 Å². The van der Waals surface area contributed by atoms with E-state index in [0.717, 1.165) is 11.1 Å². The molecule has 28 heavy (non-hydrogen) atoms. The van der Waals surface area contributed by atoms with Gasteiger partial charge in [-0.3, -0.25) is 4.79 Å². The van der Waals surface area contributed by atoms with E-state index < -0.39 is 35.1 Å². The van der Waals surface area contributed by atoms with Gasteiger partial charge in [-0.2, -0.15) is 4.31 Å². The lowest BCUT2D eigenvalue weighted by molar-refractivity contribution is -0.143. The lowest BCUT2D eigenvalue weighted by Crippen LogP contribution is -2.35. The van der Waals surface area contributed by atoms with Gasteiger partial charge in [0.2, 0.25) is 15.9 Å². The molecule has 3 rings (SSSR count). The van der Waals surface area contributed by atoms with Crippen LogP contribution in [0.3, 0.4) is 0 Å². The topological polar surface area (TPSA) is 113 Å². The number of carbonyl (C=O) groups is 2. The van der Waals surface area contributed by atoms with Crippen molar-refractivity contribution in [3.8, 4) is 0 Å². The monoisotopic (exact) mass is 404 g/mol. The molecule has 2 aromatic rings. The van der Waals surface area contributed by atoms with E-state index in [0.29, 0.717) is 25.2 Å². The van der Waals surface area contributed by atoms with Crippen molar-refractivity contribution < 1.29 is 27.9 Å². The summed E-state index contributed by atoms with van der Waals surface area (Å²) in [4.78, 5) is 22.2. The Morgan fingerprint density at radius 1 is 1.04 bits per heavy atom. The third-order valence-electron chi connectivity index (χ3n) is 4.33. The van der Waals surface area contributed by atoms with E-state index in [1.165, 1.54) is 28.6 Å². The standard InChI is InChI=1S/C19H20N2O6S/c22-18(12-27-13-19(23)24)20-16-5-7-17(8-6-16)28(25,26)21-10-9-14-3-1-2-4-15(14)11-21/h1-8H,9-13H2,(H,20,22)(H,23,24). The van der Waals surface area contributed by atoms with Crippen LogP contribution in [0, 0.1) is 0 Å². The van der Waals surface area contributed by atoms with Crippen molar-refractivity contribution in [3.63, 3.8) is 0 Å². The number of fused-ring (bicyclic) bond motifs is 1. The van der Waals surface area contributed by atoms with Gasteiger partial charge in [0.15, 0.2) is 0 Å². The number of amides is 1. The molecular formula is C19H20N2O6S. The molecule has 0 atom stereocenters. The van der Waals surface area contributed by atoms with E-state index >= 15 is 0 Å². The van der Waals surface area contributed by atoms with Crippen LogP contribution in [0.5, 0.6) is 0 Å². The first-order valence-electron chi connectivity index (χ1n) is 8.62. The molecule has 8 nitrogen and oxygen atoms in total. The molecule has 0 bridgehead atoms. The van der Waals surface area contributed by atoms with E-state index in [2.05, 4.69) is 5.32 Å². The summed E-state index contributed by atoms with van der Waals surface area (Å²) in [6, 6.07) is 13.6. The van der Waals surface area contributed by atoms with Crippen LogP contribution in [0.15, 0.2) is 53.4 Å². The quantitative estimate of drug-likeness (QED) is 0.723. The van der Waals surface area contributed by atoms with E-state index in [1.54, 1.807) is 0 Å². The van der Waals surface area contributed by atoms with Crippen LogP contribution in [0.2, 0.25) is 0 Å². The Kier molecular flexibility index (Phi) is 6.08. The molecule has 1 amide bonds. The first kappa shape index (κ1) is 20.0. The highest BCUT2D eigenvalue weighted by atomic mass is 32.2. The van der Waals surface area contributed by atoms with Crippen LogP contribution in [0.25, 0.3) is 0 Å². The first-order chi connectivity index (χ1) is 13.4. The zero-order valence-electron chi connectivity index (χ0n) is 15.0. The number of benzene rings is 2. The van der Waals surface area contributed by atoms with Gasteiger partial charge in [0.25, 0.3) is 0 Å². The number of aliphatic carboxylic acids is 1. The van der Waals surface area contributed by atoms with Crippen molar-refractivity contribution in [3.05, 3.63) is 59.7 Å². The maximum Gasteiger partial charge on any atom is 0.329 e. The summed E-state index contributed by atoms with van der Waals surface area (Å²) >= 11 is 0. The maximum atomic E-state index is 12.9. The summed E-state index contributed by atoms with van der Waals surface area (Å²) in [7, 11) is -3.64. The molecular weight excluding hydrogens is 384 g/mol. The molecule has 0 saturated heterocycles. The predicted octanol–water partition coefficient (Wildman–Crippen LogP) is 1.47. The Balaban J connectivity index is 1.64. The Morgan fingerprint density at radius 3 is 2.39 bits per heavy atom. The summed E-state index contributed by atoms with van der Waals surface area (Å²) in [6.07, 6.45) is 0.667. The molecule has 0 unspecified atom stereocenters. The van der Waals surface area contributed by atoms with Gasteiger partial charge in [-0.15, -0.1) is 0 Å². The largest absolute Gasteiger partial charge is 0.480 e. The second kappa shape index (κ2) is 8.51. The number of sulfonamides is 1. The third kappa shape index (κ3) is 4.75. The number of carbonyl (C=O) groups excluding carboxylic acids is 1. The van der Waals surface area contributed by atoms with Crippen LogP contribution in [-0.4, -0.2) is 49.5 Å². The predicted molar refractivity (Wildman–Crippen MR) is 101 cm³/mol. The minimum Gasteiger partial charge on any atom is -0.480 e. The molecule has 148 valence electrons. The Bertz CT molecular complexity index is 972. The highest BCUT2D eigenvalue weighted by Crippen LogP contribution is 2.25. The number of carboxylic acids is 1. The van der Waals surface area contributed by atoms with Crippen molar-refractivity contribution in [2.75, 3.05) is 25.1 Å². The second-order valence-corrected chi connectivity index (χ2v) is 8.25. The van der Waals surface area contributed by atoms with E-state index in [1.807, 2.05) is 24.3 Å². The highest BCUT2D eigenvalue weighted by Gasteiger charge is 2.28. The molecule has 0 aromatic heterocycles. The molecule has 1 aliphatic heterocycles. The van der Waals surface area contributed by atoms with Crippen LogP contribution < -0.4 is 5.32 Å². The number of anilines is 1. The van der Waals surface area contributed by atoms with Crippen LogP contribution >= 0.6 is 0 Å². The minimum absolute atomic E-state index is 0.145. The van der Waals surface area contributed by atoms with Gasteiger partial charge >= 0.3 is 5.97 Å². The second-order valence-electron chi connectivity index (χ2n) is 6.32. The average Bonchev–Trinajstić information content (AvgIpc) is 2.67. The Hall–Kier alpha value is -2.75. The van der Waals surface area contributed by atoms with Gasteiger partial charge in [-0.1, -0.05) is 24.3 Å². The van der Waals surface area contributed by atoms with Gasteiger partial charge in [-0.25, -0.2) is 13.2 Å². The summed E-state index contributed by atoms with van der Waals surface area (Å²) in [5.41, 5.74) is 2.56. The average molecular weight is 404 g/mol. The smallest absolute Gasteiger partial charge is 0.329 e. The molecule has 0 radical (unpaired) electrons. The summed E-state index contributed by atoms with van der Waals surface area (Å²) in [6.45, 7) is -0.222. The molecule has 1 heterocycles. The molecule has 0 fully saturated rings. The number of nitrogens with zero attached hydrogens (tertiary/aromatic N) is 1. The Labute approximate surface area is 162 Å². The number of hydrogen-bond donors (Lipinski definition) is 2. The molecule has 2 N–H and O–H groups in total. The summed E-state index contributed by atoms with van der Waals surface area (Å²) in [5, 5.41) is 11.0. The van der Waals surface area contributed by atoms with Crippen molar-refractivity contribution in [1.82, 2.24) is 4.31 Å². The molecule has 0 aliphatic carbocycles. The van der Waals surface area contributed by atoms with Gasteiger partial charge in [0.1, 0.15) is 13.2 Å². The fraction of sp³-hybridized carbons (Fsp3) is 0.263. The molecule has 9 heteroatoms. The Morgan fingerprint density at radius 2 is 1.71 bits per heavy atom. The molecule has 2 aromatic carbocycles. The molecule has 0 saturated carbocycles. The number of rotatable bonds is 7.